The van der Waals surface area contributed by atoms with Crippen LogP contribution in [0.2, 0.25) is 0 Å². The van der Waals surface area contributed by atoms with Crippen LogP contribution in [-0.2, 0) is 17.9 Å². The molecule has 1 aromatic carbocycles. The molecule has 1 aromatic heterocycles. The molecule has 0 radical (unpaired) electrons. The number of halogens is 2. The lowest BCUT2D eigenvalue weighted by molar-refractivity contribution is 0.103. The van der Waals surface area contributed by atoms with Gasteiger partial charge in [-0.1, -0.05) is 11.3 Å². The molecule has 0 saturated carbocycles. The largest absolute Gasteiger partial charge is 0.443 e. The monoisotopic (exact) mass is 322 g/mol. The highest BCUT2D eigenvalue weighted by molar-refractivity contribution is 5.67. The lowest BCUT2D eigenvalue weighted by atomic mass is 10.2. The molecule has 0 atom stereocenters. The van der Waals surface area contributed by atoms with Crippen molar-refractivity contribution in [1.29, 1.82) is 0 Å². The summed E-state index contributed by atoms with van der Waals surface area (Å²) in [5.41, 5.74) is 1.06. The van der Waals surface area contributed by atoms with E-state index in [1.165, 1.54) is 10.7 Å². The molecular weight excluding hydrogens is 306 g/mol. The van der Waals surface area contributed by atoms with Crippen LogP contribution in [0.3, 0.4) is 0 Å². The summed E-state index contributed by atoms with van der Waals surface area (Å²) in [5.74, 6) is -1.79. The molecule has 0 N–H and O–H groups in total. The second-order valence-electron chi connectivity index (χ2n) is 5.40. The SMILES string of the molecule is O=C(OCc1cn(Cc2ccc(F)c(F)c2)nn1)N1CCCC1. The van der Waals surface area contributed by atoms with Gasteiger partial charge in [0.15, 0.2) is 11.6 Å². The Labute approximate surface area is 131 Å². The van der Waals surface area contributed by atoms with Gasteiger partial charge in [0.1, 0.15) is 12.3 Å². The van der Waals surface area contributed by atoms with Crippen molar-refractivity contribution in [3.8, 4) is 0 Å². The molecule has 1 aliphatic heterocycles. The van der Waals surface area contributed by atoms with Crippen molar-refractivity contribution in [2.24, 2.45) is 0 Å². The lowest BCUT2D eigenvalue weighted by Crippen LogP contribution is -2.28. The summed E-state index contributed by atoms with van der Waals surface area (Å²) in [6, 6.07) is 3.66. The predicted molar refractivity (Wildman–Crippen MR) is 76.5 cm³/mol. The minimum absolute atomic E-state index is 0.0348. The van der Waals surface area contributed by atoms with Crippen LogP contribution in [0, 0.1) is 11.6 Å². The average molecular weight is 322 g/mol. The molecule has 1 saturated heterocycles. The minimum Gasteiger partial charge on any atom is -0.443 e. The number of carbonyl (C=O) groups is 1. The fraction of sp³-hybridized carbons (Fsp3) is 0.400. The maximum absolute atomic E-state index is 13.2. The molecule has 122 valence electrons. The zero-order valence-electron chi connectivity index (χ0n) is 12.4. The normalized spacial score (nSPS) is 14.3. The molecule has 0 bridgehead atoms. The van der Waals surface area contributed by atoms with Crippen molar-refractivity contribution >= 4 is 6.09 Å². The van der Waals surface area contributed by atoms with Gasteiger partial charge in [-0.2, -0.15) is 0 Å². The smallest absolute Gasteiger partial charge is 0.410 e. The van der Waals surface area contributed by atoms with Crippen molar-refractivity contribution in [1.82, 2.24) is 19.9 Å². The van der Waals surface area contributed by atoms with E-state index < -0.39 is 11.6 Å². The lowest BCUT2D eigenvalue weighted by Gasteiger charge is -2.13. The number of ether oxygens (including phenoxy) is 1. The Morgan fingerprint density at radius 3 is 2.74 bits per heavy atom. The number of carbonyl (C=O) groups excluding carboxylic acids is 1. The summed E-state index contributed by atoms with van der Waals surface area (Å²) in [5, 5.41) is 7.78. The Morgan fingerprint density at radius 1 is 1.22 bits per heavy atom. The maximum atomic E-state index is 13.2. The Hall–Kier alpha value is -2.51. The van der Waals surface area contributed by atoms with Gasteiger partial charge in [0.05, 0.1) is 12.7 Å². The van der Waals surface area contributed by atoms with Crippen LogP contribution in [-0.4, -0.2) is 39.1 Å². The molecular formula is C15H16F2N4O2. The number of amides is 1. The molecule has 0 unspecified atom stereocenters. The fourth-order valence-electron chi connectivity index (χ4n) is 2.43. The van der Waals surface area contributed by atoms with E-state index in [9.17, 15) is 13.6 Å². The number of aromatic nitrogens is 3. The van der Waals surface area contributed by atoms with Crippen LogP contribution in [0.15, 0.2) is 24.4 Å². The maximum Gasteiger partial charge on any atom is 0.410 e. The molecule has 1 fully saturated rings. The quantitative estimate of drug-likeness (QED) is 0.867. The van der Waals surface area contributed by atoms with Crippen molar-refractivity contribution in [2.75, 3.05) is 13.1 Å². The summed E-state index contributed by atoms with van der Waals surface area (Å²) in [6.07, 6.45) is 3.26. The van der Waals surface area contributed by atoms with E-state index in [2.05, 4.69) is 10.3 Å². The third-order valence-electron chi connectivity index (χ3n) is 3.62. The first-order valence-corrected chi connectivity index (χ1v) is 7.36. The van der Waals surface area contributed by atoms with E-state index in [-0.39, 0.29) is 19.2 Å². The minimum atomic E-state index is -0.901. The van der Waals surface area contributed by atoms with E-state index in [4.69, 9.17) is 4.74 Å². The molecule has 0 aliphatic carbocycles. The van der Waals surface area contributed by atoms with Gasteiger partial charge < -0.3 is 9.64 Å². The summed E-state index contributed by atoms with van der Waals surface area (Å²) in [4.78, 5) is 13.4. The van der Waals surface area contributed by atoms with Crippen LogP contribution in [0.4, 0.5) is 13.6 Å². The third kappa shape index (κ3) is 3.82. The second kappa shape index (κ2) is 6.72. The third-order valence-corrected chi connectivity index (χ3v) is 3.62. The highest BCUT2D eigenvalue weighted by atomic mass is 19.2. The van der Waals surface area contributed by atoms with Crippen molar-refractivity contribution in [3.63, 3.8) is 0 Å². The van der Waals surface area contributed by atoms with Crippen molar-refractivity contribution in [3.05, 3.63) is 47.3 Å². The van der Waals surface area contributed by atoms with Crippen LogP contribution in [0.25, 0.3) is 0 Å². The van der Waals surface area contributed by atoms with Gasteiger partial charge in [0.25, 0.3) is 0 Å². The Balaban J connectivity index is 1.55. The molecule has 1 amide bonds. The molecule has 2 aromatic rings. The summed E-state index contributed by atoms with van der Waals surface area (Å²) < 4.78 is 32.7. The van der Waals surface area contributed by atoms with Crippen molar-refractivity contribution < 1.29 is 18.3 Å². The Morgan fingerprint density at radius 2 is 2.00 bits per heavy atom. The Bertz CT molecular complexity index is 699. The van der Waals surface area contributed by atoms with E-state index in [0.29, 0.717) is 11.3 Å². The summed E-state index contributed by atoms with van der Waals surface area (Å²) >= 11 is 0. The van der Waals surface area contributed by atoms with Crippen molar-refractivity contribution in [2.45, 2.75) is 26.0 Å². The summed E-state index contributed by atoms with van der Waals surface area (Å²) in [7, 11) is 0. The molecule has 23 heavy (non-hydrogen) atoms. The topological polar surface area (TPSA) is 60.3 Å². The molecule has 1 aliphatic rings. The molecule has 3 rings (SSSR count). The number of hydrogen-bond acceptors (Lipinski definition) is 4. The van der Waals surface area contributed by atoms with E-state index in [1.54, 1.807) is 11.1 Å². The first-order valence-electron chi connectivity index (χ1n) is 7.36. The van der Waals surface area contributed by atoms with Gasteiger partial charge in [-0.15, -0.1) is 5.10 Å². The first-order chi connectivity index (χ1) is 11.1. The Kier molecular flexibility index (Phi) is 4.50. The van der Waals surface area contributed by atoms with Gasteiger partial charge in [-0.05, 0) is 30.5 Å². The average Bonchev–Trinajstić information content (AvgIpc) is 3.20. The van der Waals surface area contributed by atoms with E-state index in [0.717, 1.165) is 38.1 Å². The summed E-state index contributed by atoms with van der Waals surface area (Å²) in [6.45, 7) is 1.74. The zero-order valence-corrected chi connectivity index (χ0v) is 12.4. The fourth-order valence-corrected chi connectivity index (χ4v) is 2.43. The van der Waals surface area contributed by atoms with Crippen LogP contribution >= 0.6 is 0 Å². The number of rotatable bonds is 4. The standard InChI is InChI=1S/C15H16F2N4O2/c16-13-4-3-11(7-14(13)17)8-21-9-12(18-19-21)10-23-15(22)20-5-1-2-6-20/h3-4,7,9H,1-2,5-6,8,10H2. The number of likely N-dealkylation sites (tertiary alicyclic amines) is 1. The molecule has 2 heterocycles. The van der Waals surface area contributed by atoms with Crippen LogP contribution in [0.1, 0.15) is 24.1 Å². The highest BCUT2D eigenvalue weighted by Crippen LogP contribution is 2.11. The highest BCUT2D eigenvalue weighted by Gasteiger charge is 2.19. The van der Waals surface area contributed by atoms with Crippen LogP contribution < -0.4 is 0 Å². The first kappa shape index (κ1) is 15.4. The molecule has 8 heteroatoms. The predicted octanol–water partition coefficient (Wildman–Crippen LogP) is 2.34. The van der Waals surface area contributed by atoms with Gasteiger partial charge in [0, 0.05) is 13.1 Å². The second-order valence-corrected chi connectivity index (χ2v) is 5.40. The molecule has 0 spiro atoms. The van der Waals surface area contributed by atoms with E-state index >= 15 is 0 Å². The zero-order chi connectivity index (χ0) is 16.2. The number of nitrogens with zero attached hydrogens (tertiary/aromatic N) is 4. The van der Waals surface area contributed by atoms with Gasteiger partial charge in [0.2, 0.25) is 0 Å². The number of hydrogen-bond donors (Lipinski definition) is 0. The van der Waals surface area contributed by atoms with Gasteiger partial charge in [-0.25, -0.2) is 18.3 Å². The number of benzene rings is 1. The van der Waals surface area contributed by atoms with Gasteiger partial charge in [-0.3, -0.25) is 0 Å². The van der Waals surface area contributed by atoms with E-state index in [1.807, 2.05) is 0 Å². The molecule has 6 nitrogen and oxygen atoms in total. The van der Waals surface area contributed by atoms with Crippen LogP contribution in [0.5, 0.6) is 0 Å². The van der Waals surface area contributed by atoms with Gasteiger partial charge >= 0.3 is 6.09 Å².